The van der Waals surface area contributed by atoms with Gasteiger partial charge in [0.1, 0.15) is 18.2 Å². The Bertz CT molecular complexity index is 1020. The molecule has 1 saturated carbocycles. The molecule has 154 valence electrons. The molecule has 1 spiro atoms. The predicted octanol–water partition coefficient (Wildman–Crippen LogP) is 2.29. The first-order valence-corrected chi connectivity index (χ1v) is 10.8. The van der Waals surface area contributed by atoms with Crippen molar-refractivity contribution in [2.75, 3.05) is 19.8 Å². The minimum atomic E-state index is -1.45. The van der Waals surface area contributed by atoms with E-state index in [9.17, 15) is 8.94 Å². The van der Waals surface area contributed by atoms with Crippen molar-refractivity contribution in [1.82, 2.24) is 15.0 Å². The summed E-state index contributed by atoms with van der Waals surface area (Å²) in [7, 11) is 0. The average Bonchev–Trinajstić information content (AvgIpc) is 3.34. The molecule has 10 heteroatoms. The quantitative estimate of drug-likeness (QED) is 0.466. The number of aromatic nitrogens is 3. The Balaban J connectivity index is 0.00000218. The van der Waals surface area contributed by atoms with Crippen molar-refractivity contribution in [2.24, 2.45) is 5.41 Å². The number of benzene rings is 1. The summed E-state index contributed by atoms with van der Waals surface area (Å²) in [5.41, 5.74) is 1.95. The number of aromatic amines is 1. The number of rotatable bonds is 6. The van der Waals surface area contributed by atoms with Gasteiger partial charge in [0, 0.05) is 34.9 Å². The first kappa shape index (κ1) is 22.0. The molecule has 2 fully saturated rings. The van der Waals surface area contributed by atoms with Crippen LogP contribution in [0.25, 0.3) is 11.0 Å². The Morgan fingerprint density at radius 2 is 2.03 bits per heavy atom. The van der Waals surface area contributed by atoms with E-state index in [1.165, 1.54) is 25.0 Å². The Labute approximate surface area is 198 Å². The van der Waals surface area contributed by atoms with Gasteiger partial charge in [-0.05, 0) is 31.0 Å². The molecule has 1 aromatic carbocycles. The number of imidazole rings is 1. The Kier molecular flexibility index (Phi) is 6.69. The maximum atomic E-state index is 13.3. The van der Waals surface area contributed by atoms with Crippen molar-refractivity contribution in [3.8, 4) is 5.75 Å². The molecule has 1 unspecified atom stereocenters. The largest absolute Gasteiger partial charge is 0.609 e. The van der Waals surface area contributed by atoms with Gasteiger partial charge in [0.05, 0.1) is 29.9 Å². The van der Waals surface area contributed by atoms with E-state index >= 15 is 0 Å². The Morgan fingerprint density at radius 1 is 1.23 bits per heavy atom. The van der Waals surface area contributed by atoms with Gasteiger partial charge in [-0.25, -0.2) is 4.39 Å². The first-order chi connectivity index (χ1) is 14.1. The fraction of sp³-hybridized carbons (Fsp3) is 0.400. The molecular formula is C20H21FN3NaO4S. The standard InChI is InChI=1S/C20H20FN3O4S.Na.H/c21-13-1-2-16-17(7-13)24-19(23-16)29(25)10-14-8-15(3-6-22-14)26-9-18-27-11-20(4-5-20)12-28-18;;/h1-3,6-8,18H,4-5,9-12H2,(H,23,24);;. The third-order valence-corrected chi connectivity index (χ3v) is 6.38. The molecule has 7 nitrogen and oxygen atoms in total. The summed E-state index contributed by atoms with van der Waals surface area (Å²) in [6, 6.07) is 7.69. The summed E-state index contributed by atoms with van der Waals surface area (Å²) in [6.45, 7) is 1.74. The third-order valence-electron chi connectivity index (χ3n) is 5.20. The normalized spacial score (nSPS) is 18.9. The van der Waals surface area contributed by atoms with Crippen LogP contribution >= 0.6 is 0 Å². The van der Waals surface area contributed by atoms with Gasteiger partial charge >= 0.3 is 34.7 Å². The van der Waals surface area contributed by atoms with Crippen LogP contribution in [-0.4, -0.2) is 75.2 Å². The third kappa shape index (κ3) is 4.99. The van der Waals surface area contributed by atoms with E-state index in [-0.39, 0.29) is 64.6 Å². The maximum absolute atomic E-state index is 13.3. The summed E-state index contributed by atoms with van der Waals surface area (Å²) in [6.07, 6.45) is 3.58. The molecule has 5 rings (SSSR count). The molecule has 0 bridgehead atoms. The van der Waals surface area contributed by atoms with Crippen LogP contribution in [0.15, 0.2) is 41.7 Å². The number of nitrogens with zero attached hydrogens (tertiary/aromatic N) is 2. The van der Waals surface area contributed by atoms with Crippen molar-refractivity contribution in [2.45, 2.75) is 30.0 Å². The monoisotopic (exact) mass is 441 g/mol. The van der Waals surface area contributed by atoms with E-state index in [2.05, 4.69) is 15.0 Å². The summed E-state index contributed by atoms with van der Waals surface area (Å²) < 4.78 is 43.2. The second-order valence-corrected chi connectivity index (χ2v) is 8.91. The minimum absolute atomic E-state index is 0. The van der Waals surface area contributed by atoms with Gasteiger partial charge in [0.15, 0.2) is 12.0 Å². The predicted molar refractivity (Wildman–Crippen MR) is 110 cm³/mol. The zero-order valence-electron chi connectivity index (χ0n) is 15.6. The number of fused-ring (bicyclic) bond motifs is 1. The van der Waals surface area contributed by atoms with Gasteiger partial charge in [0.25, 0.3) is 0 Å². The summed E-state index contributed by atoms with van der Waals surface area (Å²) in [4.78, 5) is 11.4. The van der Waals surface area contributed by atoms with E-state index < -0.39 is 11.2 Å². The van der Waals surface area contributed by atoms with Gasteiger partial charge < -0.3 is 18.8 Å². The van der Waals surface area contributed by atoms with Crippen molar-refractivity contribution < 1.29 is 23.2 Å². The Morgan fingerprint density at radius 3 is 2.80 bits per heavy atom. The second kappa shape index (κ2) is 9.12. The van der Waals surface area contributed by atoms with Crippen LogP contribution in [0.5, 0.6) is 5.75 Å². The van der Waals surface area contributed by atoms with E-state index in [1.807, 2.05) is 0 Å². The number of halogens is 1. The van der Waals surface area contributed by atoms with Crippen LogP contribution in [0, 0.1) is 11.2 Å². The number of hydrogen-bond acceptors (Lipinski definition) is 6. The summed E-state index contributed by atoms with van der Waals surface area (Å²) in [5, 5.41) is 0.289. The molecule has 0 radical (unpaired) electrons. The maximum Gasteiger partial charge on any atom is 0.322 e. The Hall–Kier alpha value is -1.20. The molecule has 2 aliphatic rings. The van der Waals surface area contributed by atoms with Gasteiger partial charge in [-0.15, -0.1) is 0 Å². The van der Waals surface area contributed by atoms with Gasteiger partial charge in [0.2, 0.25) is 0 Å². The van der Waals surface area contributed by atoms with Crippen molar-refractivity contribution >= 4 is 51.8 Å². The van der Waals surface area contributed by atoms with E-state index in [4.69, 9.17) is 14.2 Å². The van der Waals surface area contributed by atoms with Gasteiger partial charge in [-0.1, -0.05) is 0 Å². The van der Waals surface area contributed by atoms with Crippen LogP contribution in [0.2, 0.25) is 0 Å². The smallest absolute Gasteiger partial charge is 0.322 e. The number of H-pyrrole nitrogens is 1. The molecule has 3 aromatic rings. The topological polar surface area (TPSA) is 92.3 Å². The molecule has 0 amide bonds. The molecule has 1 atom stereocenters. The molecule has 3 heterocycles. The second-order valence-electron chi connectivity index (χ2n) is 7.54. The molecular weight excluding hydrogens is 420 g/mol. The summed E-state index contributed by atoms with van der Waals surface area (Å²) >= 11 is -1.45. The minimum Gasteiger partial charge on any atom is -0.609 e. The fourth-order valence-corrected chi connectivity index (χ4v) is 4.23. The SMILES string of the molecule is [NaH].[O-][S+](Cc1cc(OCC2OCC3(CC3)CO2)ccn1)c1nc2cc(F)ccc2[nH]1. The molecule has 1 N–H and O–H groups in total. The zero-order valence-corrected chi connectivity index (χ0v) is 16.4. The number of ether oxygens (including phenoxy) is 3. The van der Waals surface area contributed by atoms with Crippen LogP contribution in [0.1, 0.15) is 18.5 Å². The van der Waals surface area contributed by atoms with Crippen molar-refractivity contribution in [3.63, 3.8) is 0 Å². The van der Waals surface area contributed by atoms with Crippen molar-refractivity contribution in [1.29, 1.82) is 0 Å². The number of pyridine rings is 1. The molecule has 1 aliphatic heterocycles. The fourth-order valence-electron chi connectivity index (χ4n) is 3.25. The summed E-state index contributed by atoms with van der Waals surface area (Å²) in [5.74, 6) is 0.391. The van der Waals surface area contributed by atoms with E-state index in [1.54, 1.807) is 24.4 Å². The number of nitrogens with one attached hydrogen (secondary N) is 1. The average molecular weight is 441 g/mol. The molecule has 2 aromatic heterocycles. The molecule has 1 saturated heterocycles. The zero-order chi connectivity index (χ0) is 19.8. The first-order valence-electron chi connectivity index (χ1n) is 9.43. The molecule has 30 heavy (non-hydrogen) atoms. The van der Waals surface area contributed by atoms with Gasteiger partial charge in [-0.3, -0.25) is 9.97 Å². The molecule has 1 aliphatic carbocycles. The van der Waals surface area contributed by atoms with Gasteiger partial charge in [-0.2, -0.15) is 4.98 Å². The van der Waals surface area contributed by atoms with Crippen molar-refractivity contribution in [3.05, 3.63) is 48.0 Å². The van der Waals surface area contributed by atoms with Crippen LogP contribution in [0.3, 0.4) is 0 Å². The van der Waals surface area contributed by atoms with Crippen LogP contribution in [0.4, 0.5) is 4.39 Å². The van der Waals surface area contributed by atoms with E-state index in [0.717, 1.165) is 13.2 Å². The number of hydrogen-bond donors (Lipinski definition) is 1. The van der Waals surface area contributed by atoms with E-state index in [0.29, 0.717) is 22.5 Å². The van der Waals surface area contributed by atoms with Crippen LogP contribution in [-0.2, 0) is 26.4 Å². The van der Waals surface area contributed by atoms with Crippen LogP contribution < -0.4 is 4.74 Å².